The monoisotopic (exact) mass is 222 g/mol. The first kappa shape index (κ1) is 10.6. The summed E-state index contributed by atoms with van der Waals surface area (Å²) in [5.41, 5.74) is 0.477. The van der Waals surface area contributed by atoms with Gasteiger partial charge in [0.1, 0.15) is 0 Å². The van der Waals surface area contributed by atoms with Crippen LogP contribution in [0.25, 0.3) is 0 Å². The molecule has 16 heavy (non-hydrogen) atoms. The van der Waals surface area contributed by atoms with E-state index >= 15 is 0 Å². The highest BCUT2D eigenvalue weighted by Gasteiger charge is 2.41. The summed E-state index contributed by atoms with van der Waals surface area (Å²) in [6.07, 6.45) is 7.17. The fraction of sp³-hybridized carbons (Fsp3) is 0.923. The number of carbonyl (C=O) groups is 1. The van der Waals surface area contributed by atoms with Crippen molar-refractivity contribution in [3.8, 4) is 0 Å². The zero-order chi connectivity index (χ0) is 11.0. The second-order valence-corrected chi connectivity index (χ2v) is 5.96. The molecule has 3 fully saturated rings. The van der Waals surface area contributed by atoms with E-state index < -0.39 is 0 Å². The lowest BCUT2D eigenvalue weighted by atomic mass is 9.78. The molecule has 0 radical (unpaired) electrons. The summed E-state index contributed by atoms with van der Waals surface area (Å²) < 4.78 is 0. The number of rotatable bonds is 2. The molecule has 0 bridgehead atoms. The molecule has 1 amide bonds. The van der Waals surface area contributed by atoms with Crippen molar-refractivity contribution in [2.45, 2.75) is 38.5 Å². The normalized spacial score (nSPS) is 28.6. The summed E-state index contributed by atoms with van der Waals surface area (Å²) in [6.45, 7) is 4.35. The Labute approximate surface area is 97.6 Å². The molecule has 2 aliphatic heterocycles. The second-order valence-electron chi connectivity index (χ2n) is 5.96. The number of hydrogen-bond acceptors (Lipinski definition) is 2. The van der Waals surface area contributed by atoms with Crippen LogP contribution in [-0.4, -0.2) is 37.0 Å². The Kier molecular flexibility index (Phi) is 2.66. The topological polar surface area (TPSA) is 32.3 Å². The smallest absolute Gasteiger partial charge is 0.222 e. The van der Waals surface area contributed by atoms with E-state index in [9.17, 15) is 4.79 Å². The van der Waals surface area contributed by atoms with Crippen LogP contribution in [0.1, 0.15) is 38.5 Å². The molecule has 3 heteroatoms. The van der Waals surface area contributed by atoms with Crippen LogP contribution < -0.4 is 5.32 Å². The Balaban J connectivity index is 1.56. The summed E-state index contributed by atoms with van der Waals surface area (Å²) in [7, 11) is 0. The molecular formula is C13H22N2O. The van der Waals surface area contributed by atoms with E-state index in [0.29, 0.717) is 11.3 Å². The van der Waals surface area contributed by atoms with Gasteiger partial charge in [0.05, 0.1) is 0 Å². The van der Waals surface area contributed by atoms with Gasteiger partial charge in [-0.2, -0.15) is 0 Å². The molecular weight excluding hydrogens is 200 g/mol. The second kappa shape index (κ2) is 4.02. The van der Waals surface area contributed by atoms with E-state index in [1.165, 1.54) is 32.1 Å². The van der Waals surface area contributed by atoms with E-state index in [1.54, 1.807) is 0 Å². The number of hydrogen-bond donors (Lipinski definition) is 1. The van der Waals surface area contributed by atoms with Gasteiger partial charge in [0.15, 0.2) is 0 Å². The molecule has 3 rings (SSSR count). The summed E-state index contributed by atoms with van der Waals surface area (Å²) in [5.74, 6) is 1.16. The first-order chi connectivity index (χ1) is 7.77. The van der Waals surface area contributed by atoms with Crippen LogP contribution >= 0.6 is 0 Å². The van der Waals surface area contributed by atoms with Crippen LogP contribution in [-0.2, 0) is 4.79 Å². The number of amides is 1. The van der Waals surface area contributed by atoms with Crippen molar-refractivity contribution >= 4 is 5.91 Å². The lowest BCUT2D eigenvalue weighted by Crippen LogP contribution is -2.39. The summed E-state index contributed by atoms with van der Waals surface area (Å²) in [5, 5.41) is 3.42. The Hall–Kier alpha value is -0.570. The zero-order valence-corrected chi connectivity index (χ0v) is 10.0. The van der Waals surface area contributed by atoms with Gasteiger partial charge in [-0.05, 0) is 56.5 Å². The van der Waals surface area contributed by atoms with Gasteiger partial charge in [-0.3, -0.25) is 4.79 Å². The SMILES string of the molecule is O=C(CC1CC1)N1CCC2(CCNCC2)C1. The third-order valence-electron chi connectivity index (χ3n) is 4.62. The van der Waals surface area contributed by atoms with E-state index in [-0.39, 0.29) is 0 Å². The van der Waals surface area contributed by atoms with Gasteiger partial charge in [-0.1, -0.05) is 0 Å². The van der Waals surface area contributed by atoms with Crippen LogP contribution in [0.15, 0.2) is 0 Å². The van der Waals surface area contributed by atoms with Gasteiger partial charge in [0.2, 0.25) is 5.91 Å². The average molecular weight is 222 g/mol. The number of carbonyl (C=O) groups excluding carboxylic acids is 1. The largest absolute Gasteiger partial charge is 0.342 e. The first-order valence-corrected chi connectivity index (χ1v) is 6.76. The highest BCUT2D eigenvalue weighted by molar-refractivity contribution is 5.77. The molecule has 1 N–H and O–H groups in total. The molecule has 0 aromatic heterocycles. The predicted octanol–water partition coefficient (Wildman–Crippen LogP) is 1.39. The molecule has 0 unspecified atom stereocenters. The molecule has 0 aromatic rings. The van der Waals surface area contributed by atoms with Crippen LogP contribution in [0.5, 0.6) is 0 Å². The highest BCUT2D eigenvalue weighted by Crippen LogP contribution is 2.40. The molecule has 1 aliphatic carbocycles. The molecule has 1 saturated carbocycles. The predicted molar refractivity (Wildman–Crippen MR) is 63.1 cm³/mol. The Morgan fingerprint density at radius 1 is 1.25 bits per heavy atom. The molecule has 0 atom stereocenters. The maximum atomic E-state index is 12.0. The van der Waals surface area contributed by atoms with Crippen LogP contribution in [0.2, 0.25) is 0 Å². The summed E-state index contributed by atoms with van der Waals surface area (Å²) in [6, 6.07) is 0. The van der Waals surface area contributed by atoms with Crippen molar-refractivity contribution < 1.29 is 4.79 Å². The fourth-order valence-electron chi connectivity index (χ4n) is 3.21. The molecule has 2 saturated heterocycles. The minimum atomic E-state index is 0.429. The standard InChI is InChI=1S/C13H22N2O/c16-12(9-11-1-2-11)15-8-5-13(10-15)3-6-14-7-4-13/h11,14H,1-10H2. The summed E-state index contributed by atoms with van der Waals surface area (Å²) >= 11 is 0. The van der Waals surface area contributed by atoms with Gasteiger partial charge < -0.3 is 10.2 Å². The van der Waals surface area contributed by atoms with Crippen molar-refractivity contribution in [1.82, 2.24) is 10.2 Å². The van der Waals surface area contributed by atoms with Gasteiger partial charge in [0.25, 0.3) is 0 Å². The highest BCUT2D eigenvalue weighted by atomic mass is 16.2. The zero-order valence-electron chi connectivity index (χ0n) is 10.0. The minimum Gasteiger partial charge on any atom is -0.342 e. The number of likely N-dealkylation sites (tertiary alicyclic amines) is 1. The molecule has 3 aliphatic rings. The minimum absolute atomic E-state index is 0.429. The van der Waals surface area contributed by atoms with Crippen molar-refractivity contribution in [1.29, 1.82) is 0 Å². The molecule has 2 heterocycles. The van der Waals surface area contributed by atoms with Gasteiger partial charge >= 0.3 is 0 Å². The van der Waals surface area contributed by atoms with Gasteiger partial charge in [-0.25, -0.2) is 0 Å². The van der Waals surface area contributed by atoms with Crippen molar-refractivity contribution in [2.75, 3.05) is 26.2 Å². The fourth-order valence-corrected chi connectivity index (χ4v) is 3.21. The van der Waals surface area contributed by atoms with Crippen molar-refractivity contribution in [3.05, 3.63) is 0 Å². The number of nitrogens with zero attached hydrogens (tertiary/aromatic N) is 1. The van der Waals surface area contributed by atoms with E-state index in [2.05, 4.69) is 10.2 Å². The lowest BCUT2D eigenvalue weighted by Gasteiger charge is -2.33. The lowest BCUT2D eigenvalue weighted by molar-refractivity contribution is -0.131. The molecule has 3 nitrogen and oxygen atoms in total. The number of nitrogens with one attached hydrogen (secondary N) is 1. The maximum Gasteiger partial charge on any atom is 0.222 e. The van der Waals surface area contributed by atoms with E-state index in [0.717, 1.165) is 38.5 Å². The Bertz CT molecular complexity index is 280. The van der Waals surface area contributed by atoms with E-state index in [1.807, 2.05) is 0 Å². The van der Waals surface area contributed by atoms with Crippen LogP contribution in [0.4, 0.5) is 0 Å². The van der Waals surface area contributed by atoms with Gasteiger partial charge in [0, 0.05) is 19.5 Å². The number of piperidine rings is 1. The van der Waals surface area contributed by atoms with E-state index in [4.69, 9.17) is 0 Å². The molecule has 1 spiro atoms. The Morgan fingerprint density at radius 2 is 2.00 bits per heavy atom. The van der Waals surface area contributed by atoms with Crippen molar-refractivity contribution in [2.24, 2.45) is 11.3 Å². The Morgan fingerprint density at radius 3 is 2.69 bits per heavy atom. The van der Waals surface area contributed by atoms with Crippen molar-refractivity contribution in [3.63, 3.8) is 0 Å². The van der Waals surface area contributed by atoms with Crippen LogP contribution in [0.3, 0.4) is 0 Å². The maximum absolute atomic E-state index is 12.0. The van der Waals surface area contributed by atoms with Crippen LogP contribution in [0, 0.1) is 11.3 Å². The molecule has 0 aromatic carbocycles. The quantitative estimate of drug-likeness (QED) is 0.765. The average Bonchev–Trinajstić information content (AvgIpc) is 3.01. The summed E-state index contributed by atoms with van der Waals surface area (Å²) in [4.78, 5) is 14.2. The third kappa shape index (κ3) is 2.10. The first-order valence-electron chi connectivity index (χ1n) is 6.76. The molecule has 90 valence electrons. The van der Waals surface area contributed by atoms with Gasteiger partial charge in [-0.15, -0.1) is 0 Å². The third-order valence-corrected chi connectivity index (χ3v) is 4.62.